The van der Waals surface area contributed by atoms with Gasteiger partial charge in [-0.3, -0.25) is 4.79 Å². The quantitative estimate of drug-likeness (QED) is 0.658. The Labute approximate surface area is 112 Å². The van der Waals surface area contributed by atoms with E-state index < -0.39 is 0 Å². The molecule has 0 aromatic heterocycles. The maximum Gasteiger partial charge on any atom is 0.275 e. The van der Waals surface area contributed by atoms with E-state index in [1.165, 1.54) is 7.11 Å². The van der Waals surface area contributed by atoms with Crippen LogP contribution in [-0.2, 0) is 0 Å². The van der Waals surface area contributed by atoms with Crippen LogP contribution in [0.1, 0.15) is 37.0 Å². The highest BCUT2D eigenvalue weighted by Crippen LogP contribution is 2.22. The lowest BCUT2D eigenvalue weighted by atomic mass is 10.2. The van der Waals surface area contributed by atoms with Crippen molar-refractivity contribution in [2.45, 2.75) is 26.7 Å². The first-order valence-electron chi connectivity index (χ1n) is 5.75. The van der Waals surface area contributed by atoms with Gasteiger partial charge < -0.3 is 4.74 Å². The smallest absolute Gasteiger partial charge is 0.275 e. The Bertz CT molecular complexity index is 458. The Hall–Kier alpha value is -1.55. The van der Waals surface area contributed by atoms with Gasteiger partial charge in [0, 0.05) is 10.7 Å². The lowest BCUT2D eigenvalue weighted by molar-refractivity contribution is 0.0951. The van der Waals surface area contributed by atoms with Gasteiger partial charge in [-0.1, -0.05) is 24.9 Å². The highest BCUT2D eigenvalue weighted by molar-refractivity contribution is 6.31. The molecule has 0 spiro atoms. The molecule has 0 heterocycles. The summed E-state index contributed by atoms with van der Waals surface area (Å²) in [5, 5.41) is 4.50. The fourth-order valence-electron chi connectivity index (χ4n) is 1.48. The first-order chi connectivity index (χ1) is 8.58. The number of ether oxygens (including phenoxy) is 1. The second kappa shape index (κ2) is 7.01. The molecule has 1 N–H and O–H groups in total. The van der Waals surface area contributed by atoms with Crippen LogP contribution >= 0.6 is 11.6 Å². The molecule has 4 nitrogen and oxygen atoms in total. The number of carbonyl (C=O) groups excluding carboxylic acids is 1. The molecule has 1 amide bonds. The predicted molar refractivity (Wildman–Crippen MR) is 73.5 cm³/mol. The summed E-state index contributed by atoms with van der Waals surface area (Å²) < 4.78 is 5.11. The van der Waals surface area contributed by atoms with Crippen molar-refractivity contribution in [2.75, 3.05) is 7.11 Å². The number of halogens is 1. The molecular formula is C13H17ClN2O2. The van der Waals surface area contributed by atoms with Gasteiger partial charge in [-0.25, -0.2) is 5.43 Å². The maximum absolute atomic E-state index is 11.9. The number of rotatable bonds is 5. The van der Waals surface area contributed by atoms with Crippen LogP contribution < -0.4 is 10.2 Å². The zero-order valence-electron chi connectivity index (χ0n) is 10.8. The van der Waals surface area contributed by atoms with E-state index in [-0.39, 0.29) is 5.91 Å². The lowest BCUT2D eigenvalue weighted by Crippen LogP contribution is -2.19. The average molecular weight is 269 g/mol. The van der Waals surface area contributed by atoms with Gasteiger partial charge in [-0.05, 0) is 31.5 Å². The van der Waals surface area contributed by atoms with Crippen LogP contribution in [0.15, 0.2) is 23.3 Å². The number of hydrazone groups is 1. The summed E-state index contributed by atoms with van der Waals surface area (Å²) in [5.74, 6) is 0.144. The molecule has 0 saturated carbocycles. The maximum atomic E-state index is 11.9. The molecule has 0 bridgehead atoms. The fraction of sp³-hybridized carbons (Fsp3) is 0.385. The largest absolute Gasteiger partial charge is 0.496 e. The van der Waals surface area contributed by atoms with E-state index in [0.29, 0.717) is 16.3 Å². The van der Waals surface area contributed by atoms with E-state index in [2.05, 4.69) is 17.5 Å². The molecule has 0 aliphatic rings. The zero-order valence-corrected chi connectivity index (χ0v) is 11.5. The Morgan fingerprint density at radius 1 is 1.50 bits per heavy atom. The first-order valence-corrected chi connectivity index (χ1v) is 6.13. The number of carbonyl (C=O) groups is 1. The summed E-state index contributed by atoms with van der Waals surface area (Å²) in [4.78, 5) is 11.9. The van der Waals surface area contributed by atoms with Gasteiger partial charge in [0.1, 0.15) is 5.75 Å². The van der Waals surface area contributed by atoms with Crippen molar-refractivity contribution < 1.29 is 9.53 Å². The van der Waals surface area contributed by atoms with Gasteiger partial charge in [-0.2, -0.15) is 5.10 Å². The number of hydrogen-bond donors (Lipinski definition) is 1. The van der Waals surface area contributed by atoms with E-state index in [0.717, 1.165) is 18.6 Å². The number of benzene rings is 1. The molecule has 18 heavy (non-hydrogen) atoms. The van der Waals surface area contributed by atoms with Crippen LogP contribution in [0.25, 0.3) is 0 Å². The van der Waals surface area contributed by atoms with Crippen LogP contribution in [0.3, 0.4) is 0 Å². The predicted octanol–water partition coefficient (Wildman–Crippen LogP) is 3.25. The SMILES string of the molecule is CCCC(C)=NNC(=O)c1cc(Cl)ccc1OC. The summed E-state index contributed by atoms with van der Waals surface area (Å²) in [6, 6.07) is 4.88. The highest BCUT2D eigenvalue weighted by atomic mass is 35.5. The normalized spacial score (nSPS) is 11.2. The molecular weight excluding hydrogens is 252 g/mol. The molecule has 0 radical (unpaired) electrons. The number of nitrogens with one attached hydrogen (secondary N) is 1. The minimum absolute atomic E-state index is 0.329. The summed E-state index contributed by atoms with van der Waals surface area (Å²) in [5.41, 5.74) is 3.75. The number of nitrogens with zero attached hydrogens (tertiary/aromatic N) is 1. The first kappa shape index (κ1) is 14.5. The van der Waals surface area contributed by atoms with Crippen molar-refractivity contribution in [3.63, 3.8) is 0 Å². The molecule has 0 unspecified atom stereocenters. The summed E-state index contributed by atoms with van der Waals surface area (Å²) in [6.07, 6.45) is 1.85. The van der Waals surface area contributed by atoms with Crippen molar-refractivity contribution in [1.82, 2.24) is 5.43 Å². The number of hydrogen-bond acceptors (Lipinski definition) is 3. The van der Waals surface area contributed by atoms with Gasteiger partial charge in [0.2, 0.25) is 0 Å². The van der Waals surface area contributed by atoms with E-state index in [1.807, 2.05) is 6.92 Å². The van der Waals surface area contributed by atoms with Crippen LogP contribution in [0.5, 0.6) is 5.75 Å². The third-order valence-corrected chi connectivity index (χ3v) is 2.60. The average Bonchev–Trinajstić information content (AvgIpc) is 2.36. The van der Waals surface area contributed by atoms with Crippen LogP contribution in [0.2, 0.25) is 5.02 Å². The van der Waals surface area contributed by atoms with Crippen molar-refractivity contribution in [1.29, 1.82) is 0 Å². The fourth-order valence-corrected chi connectivity index (χ4v) is 1.65. The third-order valence-electron chi connectivity index (χ3n) is 2.37. The van der Waals surface area contributed by atoms with Gasteiger partial charge in [0.05, 0.1) is 12.7 Å². The van der Waals surface area contributed by atoms with Crippen LogP contribution in [0.4, 0.5) is 0 Å². The molecule has 0 saturated heterocycles. The molecule has 0 aliphatic carbocycles. The van der Waals surface area contributed by atoms with Gasteiger partial charge in [0.15, 0.2) is 0 Å². The van der Waals surface area contributed by atoms with E-state index in [9.17, 15) is 4.79 Å². The summed E-state index contributed by atoms with van der Waals surface area (Å²) in [7, 11) is 1.51. The number of amides is 1. The molecule has 0 fully saturated rings. The highest BCUT2D eigenvalue weighted by Gasteiger charge is 2.12. The molecule has 1 rings (SSSR count). The molecule has 5 heteroatoms. The molecule has 98 valence electrons. The van der Waals surface area contributed by atoms with E-state index in [4.69, 9.17) is 16.3 Å². The second-order valence-corrected chi connectivity index (χ2v) is 4.32. The zero-order chi connectivity index (χ0) is 13.5. The molecule has 0 aliphatic heterocycles. The topological polar surface area (TPSA) is 50.7 Å². The van der Waals surface area contributed by atoms with Gasteiger partial charge in [-0.15, -0.1) is 0 Å². The Morgan fingerprint density at radius 2 is 2.22 bits per heavy atom. The van der Waals surface area contributed by atoms with E-state index >= 15 is 0 Å². The van der Waals surface area contributed by atoms with E-state index in [1.54, 1.807) is 18.2 Å². The third kappa shape index (κ3) is 4.04. The van der Waals surface area contributed by atoms with Crippen LogP contribution in [-0.4, -0.2) is 18.7 Å². The summed E-state index contributed by atoms with van der Waals surface area (Å²) >= 11 is 5.86. The Kier molecular flexibility index (Phi) is 5.65. The minimum Gasteiger partial charge on any atom is -0.496 e. The molecule has 0 atom stereocenters. The monoisotopic (exact) mass is 268 g/mol. The molecule has 1 aromatic rings. The van der Waals surface area contributed by atoms with Crippen molar-refractivity contribution in [3.05, 3.63) is 28.8 Å². The van der Waals surface area contributed by atoms with Crippen molar-refractivity contribution >= 4 is 23.2 Å². The standard InChI is InChI=1S/C13H17ClN2O2/c1-4-5-9(2)15-16-13(17)11-8-10(14)6-7-12(11)18-3/h6-8H,4-5H2,1-3H3,(H,16,17). The summed E-state index contributed by atoms with van der Waals surface area (Å²) in [6.45, 7) is 3.93. The van der Waals surface area contributed by atoms with Gasteiger partial charge in [0.25, 0.3) is 5.91 Å². The Balaban J connectivity index is 2.84. The lowest BCUT2D eigenvalue weighted by Gasteiger charge is -2.07. The number of methoxy groups -OCH3 is 1. The second-order valence-electron chi connectivity index (χ2n) is 3.88. The van der Waals surface area contributed by atoms with Crippen LogP contribution in [0, 0.1) is 0 Å². The van der Waals surface area contributed by atoms with Crippen molar-refractivity contribution in [3.8, 4) is 5.75 Å². The Morgan fingerprint density at radius 3 is 2.83 bits per heavy atom. The van der Waals surface area contributed by atoms with Crippen molar-refractivity contribution in [2.24, 2.45) is 5.10 Å². The van der Waals surface area contributed by atoms with Gasteiger partial charge >= 0.3 is 0 Å². The molecule has 1 aromatic carbocycles. The minimum atomic E-state index is -0.329.